The number of aromatic nitrogens is 1. The summed E-state index contributed by atoms with van der Waals surface area (Å²) >= 11 is 0. The molecule has 1 aromatic heterocycles. The van der Waals surface area contributed by atoms with Gasteiger partial charge in [-0.15, -0.1) is 0 Å². The van der Waals surface area contributed by atoms with Gasteiger partial charge in [0, 0.05) is 16.5 Å². The Kier molecular flexibility index (Phi) is 6.03. The Morgan fingerprint density at radius 1 is 0.568 bits per heavy atom. The van der Waals surface area contributed by atoms with Crippen LogP contribution in [0.1, 0.15) is 90.1 Å². The Balaban J connectivity index is 1.88. The molecule has 0 saturated carbocycles. The lowest BCUT2D eigenvalue weighted by Gasteiger charge is -2.27. The molecule has 0 spiro atoms. The Morgan fingerprint density at radius 3 is 1.82 bits per heavy atom. The highest BCUT2D eigenvalue weighted by molar-refractivity contribution is 6.18. The molecule has 0 saturated heterocycles. The average molecular weight is 582 g/mol. The predicted octanol–water partition coefficient (Wildman–Crippen LogP) is 12.3. The normalized spacial score (nSPS) is 14.0. The van der Waals surface area contributed by atoms with Crippen molar-refractivity contribution in [2.75, 3.05) is 0 Å². The Labute approximate surface area is 270 Å². The van der Waals surface area contributed by atoms with E-state index in [4.69, 9.17) is 5.48 Å². The Morgan fingerprint density at radius 2 is 1.20 bits per heavy atom. The van der Waals surface area contributed by atoms with Crippen molar-refractivity contribution in [3.8, 4) is 27.9 Å². The first-order valence-electron chi connectivity index (χ1n) is 17.7. The second-order valence-corrected chi connectivity index (χ2v) is 15.3. The van der Waals surface area contributed by atoms with Gasteiger partial charge in [0.15, 0.2) is 0 Å². The smallest absolute Gasteiger partial charge is 0.0632 e. The molecular formula is C43H47N. The molecule has 0 N–H and O–H groups in total. The summed E-state index contributed by atoms with van der Waals surface area (Å²) in [4.78, 5) is 0. The highest BCUT2D eigenvalue weighted by Gasteiger charge is 2.28. The van der Waals surface area contributed by atoms with Crippen LogP contribution in [0, 0.1) is 6.92 Å². The summed E-state index contributed by atoms with van der Waals surface area (Å²) in [5.74, 6) is 0. The molecule has 5 aromatic carbocycles. The fourth-order valence-corrected chi connectivity index (χ4v) is 6.45. The molecule has 0 aliphatic heterocycles. The molecule has 6 aromatic rings. The molecule has 0 aliphatic carbocycles. The van der Waals surface area contributed by atoms with Crippen molar-refractivity contribution in [3.05, 3.63) is 125 Å². The van der Waals surface area contributed by atoms with E-state index < -0.39 is 5.41 Å². The fourth-order valence-electron chi connectivity index (χ4n) is 6.45. The van der Waals surface area contributed by atoms with Gasteiger partial charge in [0.05, 0.1) is 16.5 Å². The number of hydrogen-bond acceptors (Lipinski definition) is 0. The van der Waals surface area contributed by atoms with Gasteiger partial charge in [-0.25, -0.2) is 0 Å². The maximum absolute atomic E-state index is 9.14. The summed E-state index contributed by atoms with van der Waals surface area (Å²) in [7, 11) is 0. The van der Waals surface area contributed by atoms with Gasteiger partial charge in [-0.3, -0.25) is 0 Å². The lowest BCUT2D eigenvalue weighted by molar-refractivity contribution is 0.569. The van der Waals surface area contributed by atoms with E-state index in [1.54, 1.807) is 6.92 Å². The number of rotatable bonds is 3. The van der Waals surface area contributed by atoms with Crippen LogP contribution in [-0.4, -0.2) is 4.57 Å². The van der Waals surface area contributed by atoms with Gasteiger partial charge in [-0.05, 0) is 86.4 Å². The summed E-state index contributed by atoms with van der Waals surface area (Å²) in [6, 6.07) is 28.1. The van der Waals surface area contributed by atoms with Gasteiger partial charge in [-0.1, -0.05) is 147 Å². The second-order valence-electron chi connectivity index (χ2n) is 15.3. The molecule has 0 radical (unpaired) electrons. The van der Waals surface area contributed by atoms with Gasteiger partial charge in [0.1, 0.15) is 0 Å². The van der Waals surface area contributed by atoms with Gasteiger partial charge >= 0.3 is 0 Å². The Hall–Kier alpha value is -4.10. The van der Waals surface area contributed by atoms with E-state index in [-0.39, 0.29) is 35.0 Å². The third-order valence-corrected chi connectivity index (χ3v) is 8.72. The van der Waals surface area contributed by atoms with Crippen LogP contribution in [0.2, 0.25) is 0 Å². The molecule has 0 aliphatic rings. The molecule has 224 valence electrons. The van der Waals surface area contributed by atoms with Crippen molar-refractivity contribution < 1.29 is 5.48 Å². The minimum Gasteiger partial charge on any atom is -0.309 e. The van der Waals surface area contributed by atoms with Gasteiger partial charge < -0.3 is 4.57 Å². The van der Waals surface area contributed by atoms with Crippen LogP contribution in [0.25, 0.3) is 49.7 Å². The zero-order chi connectivity index (χ0) is 35.1. The van der Waals surface area contributed by atoms with Crippen LogP contribution in [0.5, 0.6) is 0 Å². The zero-order valence-corrected chi connectivity index (χ0v) is 28.0. The zero-order valence-electron chi connectivity index (χ0n) is 32.0. The van der Waals surface area contributed by atoms with Gasteiger partial charge in [0.2, 0.25) is 0 Å². The molecule has 0 fully saturated rings. The minimum absolute atomic E-state index is 0.0451. The third kappa shape index (κ3) is 5.28. The van der Waals surface area contributed by atoms with E-state index in [2.05, 4.69) is 134 Å². The molecule has 44 heavy (non-hydrogen) atoms. The molecule has 1 heterocycles. The van der Waals surface area contributed by atoms with E-state index >= 15 is 0 Å². The SMILES string of the molecule is [2H]c1c([2H])c(C)c([2H])c(-c2ccc3c(c2C(C)(C)C)c2c(-c4cc(C(C)(C)C)cc(C(C)(C)C)c4)cccc2n3-c2ccccc2)c1[2H]. The standard InChI is InChI=1S/C43H47N/c1-28-16-14-17-29(24-28)35-22-23-37-39(40(35)43(8,9)10)38-34(20-15-21-36(38)44(37)33-18-12-11-13-19-33)30-25-31(41(2,3)4)27-32(26-30)42(5,6)7/h11-27H,1-10H3/i14D,16D,17D,24D. The van der Waals surface area contributed by atoms with Crippen LogP contribution < -0.4 is 0 Å². The van der Waals surface area contributed by atoms with E-state index in [9.17, 15) is 0 Å². The van der Waals surface area contributed by atoms with Crippen molar-refractivity contribution in [2.45, 2.75) is 85.5 Å². The highest BCUT2D eigenvalue weighted by atomic mass is 15.0. The first-order chi connectivity index (χ1) is 22.3. The molecule has 0 bridgehead atoms. The van der Waals surface area contributed by atoms with E-state index in [0.29, 0.717) is 11.1 Å². The number of nitrogens with zero attached hydrogens (tertiary/aromatic N) is 1. The van der Waals surface area contributed by atoms with E-state index in [0.717, 1.165) is 44.2 Å². The van der Waals surface area contributed by atoms with Crippen molar-refractivity contribution in [1.29, 1.82) is 0 Å². The van der Waals surface area contributed by atoms with Crippen LogP contribution in [-0.2, 0) is 16.2 Å². The second kappa shape index (κ2) is 10.5. The van der Waals surface area contributed by atoms with Crippen molar-refractivity contribution in [2.24, 2.45) is 0 Å². The first kappa shape index (κ1) is 25.2. The lowest BCUT2D eigenvalue weighted by Crippen LogP contribution is -2.16. The van der Waals surface area contributed by atoms with Crippen LogP contribution >= 0.6 is 0 Å². The molecule has 0 atom stereocenters. The monoisotopic (exact) mass is 581 g/mol. The maximum atomic E-state index is 9.14. The highest BCUT2D eigenvalue weighted by Crippen LogP contribution is 2.47. The summed E-state index contributed by atoms with van der Waals surface area (Å²) in [5, 5.41) is 2.22. The molecule has 1 heteroatoms. The fraction of sp³-hybridized carbons (Fsp3) is 0.302. The summed E-state index contributed by atoms with van der Waals surface area (Å²) in [6.45, 7) is 21.9. The summed E-state index contributed by atoms with van der Waals surface area (Å²) in [5.41, 5.74) is 10.3. The van der Waals surface area contributed by atoms with Gasteiger partial charge in [-0.2, -0.15) is 0 Å². The third-order valence-electron chi connectivity index (χ3n) is 8.72. The number of fused-ring (bicyclic) bond motifs is 3. The van der Waals surface area contributed by atoms with Crippen LogP contribution in [0.4, 0.5) is 0 Å². The maximum Gasteiger partial charge on any atom is 0.0632 e. The predicted molar refractivity (Wildman–Crippen MR) is 192 cm³/mol. The Bertz CT molecular complexity index is 2160. The topological polar surface area (TPSA) is 4.93 Å². The average Bonchev–Trinajstić information content (AvgIpc) is 3.36. The largest absolute Gasteiger partial charge is 0.309 e. The van der Waals surface area contributed by atoms with Crippen molar-refractivity contribution in [1.82, 2.24) is 4.57 Å². The van der Waals surface area contributed by atoms with Crippen LogP contribution in [0.3, 0.4) is 0 Å². The summed E-state index contributed by atoms with van der Waals surface area (Å²) < 4.78 is 37.6. The molecule has 0 unspecified atom stereocenters. The number of para-hydroxylation sites is 1. The van der Waals surface area contributed by atoms with Gasteiger partial charge in [0.25, 0.3) is 0 Å². The number of hydrogen-bond donors (Lipinski definition) is 0. The first-order valence-corrected chi connectivity index (χ1v) is 15.7. The van der Waals surface area contributed by atoms with Crippen molar-refractivity contribution >= 4 is 21.8 Å². The van der Waals surface area contributed by atoms with Crippen molar-refractivity contribution in [3.63, 3.8) is 0 Å². The lowest BCUT2D eigenvalue weighted by atomic mass is 9.77. The quantitative estimate of drug-likeness (QED) is 0.196. The summed E-state index contributed by atoms with van der Waals surface area (Å²) in [6.07, 6.45) is 0. The minimum atomic E-state index is -0.393. The van der Waals surface area contributed by atoms with E-state index in [1.165, 1.54) is 16.7 Å². The molecule has 1 nitrogen and oxygen atoms in total. The molecular weight excluding hydrogens is 530 g/mol. The molecule has 0 amide bonds. The molecule has 6 rings (SSSR count). The number of benzene rings is 5. The van der Waals surface area contributed by atoms with E-state index in [1.807, 2.05) is 12.1 Å². The van der Waals surface area contributed by atoms with Crippen LogP contribution in [0.15, 0.2) is 103 Å².